The second kappa shape index (κ2) is 5.27. The number of hydrogen-bond donors (Lipinski definition) is 0. The number of nitrogens with zero attached hydrogens (tertiary/aromatic N) is 3. The van der Waals surface area contributed by atoms with Crippen LogP contribution in [0.15, 0.2) is 30.6 Å². The molecule has 3 rings (SSSR count). The highest BCUT2D eigenvalue weighted by molar-refractivity contribution is 5.40. The van der Waals surface area contributed by atoms with Gasteiger partial charge in [0.05, 0.1) is 6.61 Å². The Morgan fingerprint density at radius 1 is 1.37 bits per heavy atom. The lowest BCUT2D eigenvalue weighted by Crippen LogP contribution is -2.25. The summed E-state index contributed by atoms with van der Waals surface area (Å²) < 4.78 is 18.6. The van der Waals surface area contributed by atoms with Gasteiger partial charge in [-0.15, -0.1) is 10.2 Å². The third kappa shape index (κ3) is 2.39. The molecular formula is C13H15N3O3. The fourth-order valence-corrected chi connectivity index (χ4v) is 2.02. The second-order valence-corrected chi connectivity index (χ2v) is 4.24. The topological polar surface area (TPSA) is 58.4 Å². The summed E-state index contributed by atoms with van der Waals surface area (Å²) in [6.07, 6.45) is 1.44. The van der Waals surface area contributed by atoms with Gasteiger partial charge in [-0.2, -0.15) is 0 Å². The van der Waals surface area contributed by atoms with E-state index in [4.69, 9.17) is 14.2 Å². The Morgan fingerprint density at radius 3 is 3.05 bits per heavy atom. The smallest absolute Gasteiger partial charge is 0.192 e. The molecule has 1 atom stereocenters. The maximum Gasteiger partial charge on any atom is 0.192 e. The minimum Gasteiger partial charge on any atom is -0.485 e. The molecule has 1 aliphatic rings. The molecule has 100 valence electrons. The average molecular weight is 261 g/mol. The van der Waals surface area contributed by atoms with Crippen molar-refractivity contribution < 1.29 is 14.2 Å². The van der Waals surface area contributed by atoms with Gasteiger partial charge < -0.3 is 18.8 Å². The third-order valence-corrected chi connectivity index (χ3v) is 2.98. The third-order valence-electron chi connectivity index (χ3n) is 2.98. The van der Waals surface area contributed by atoms with Crippen molar-refractivity contribution in [3.63, 3.8) is 0 Å². The summed E-state index contributed by atoms with van der Waals surface area (Å²) in [5.41, 5.74) is 0. The fraction of sp³-hybridized carbons (Fsp3) is 0.385. The normalized spacial score (nSPS) is 17.4. The highest BCUT2D eigenvalue weighted by atomic mass is 16.6. The first-order valence-electron chi connectivity index (χ1n) is 6.13. The van der Waals surface area contributed by atoms with Crippen LogP contribution in [0.5, 0.6) is 11.5 Å². The second-order valence-electron chi connectivity index (χ2n) is 4.24. The Balaban J connectivity index is 1.79. The van der Waals surface area contributed by atoms with Crippen molar-refractivity contribution in [1.29, 1.82) is 0 Å². The van der Waals surface area contributed by atoms with Crippen molar-refractivity contribution in [3.8, 4) is 11.5 Å². The number of ether oxygens (including phenoxy) is 3. The van der Waals surface area contributed by atoms with Crippen LogP contribution in [0.3, 0.4) is 0 Å². The maximum atomic E-state index is 5.91. The van der Waals surface area contributed by atoms with Crippen LogP contribution in [0.25, 0.3) is 0 Å². The molecule has 1 aromatic carbocycles. The lowest BCUT2D eigenvalue weighted by atomic mass is 10.2. The van der Waals surface area contributed by atoms with Gasteiger partial charge >= 0.3 is 0 Å². The minimum atomic E-state index is -0.241. The summed E-state index contributed by atoms with van der Waals surface area (Å²) in [7, 11) is 1.67. The molecule has 0 saturated carbocycles. The molecule has 0 amide bonds. The largest absolute Gasteiger partial charge is 0.485 e. The van der Waals surface area contributed by atoms with Gasteiger partial charge in [0.15, 0.2) is 23.4 Å². The van der Waals surface area contributed by atoms with Gasteiger partial charge in [-0.25, -0.2) is 0 Å². The summed E-state index contributed by atoms with van der Waals surface area (Å²) in [6, 6.07) is 7.61. The lowest BCUT2D eigenvalue weighted by Gasteiger charge is -2.25. The molecule has 0 bridgehead atoms. The van der Waals surface area contributed by atoms with Gasteiger partial charge in [0.25, 0.3) is 0 Å². The first-order chi connectivity index (χ1) is 9.38. The number of fused-ring (bicyclic) bond motifs is 1. The van der Waals surface area contributed by atoms with Crippen molar-refractivity contribution in [2.45, 2.75) is 12.6 Å². The number of hydrogen-bond acceptors (Lipinski definition) is 5. The quantitative estimate of drug-likeness (QED) is 0.833. The summed E-state index contributed by atoms with van der Waals surface area (Å²) in [6.45, 7) is 1.73. The van der Waals surface area contributed by atoms with E-state index < -0.39 is 0 Å². The molecule has 6 nitrogen and oxygen atoms in total. The van der Waals surface area contributed by atoms with Crippen LogP contribution in [0.2, 0.25) is 0 Å². The van der Waals surface area contributed by atoms with Crippen LogP contribution < -0.4 is 9.47 Å². The molecule has 19 heavy (non-hydrogen) atoms. The lowest BCUT2D eigenvalue weighted by molar-refractivity contribution is 0.0805. The van der Waals surface area contributed by atoms with Crippen LogP contribution in [0.1, 0.15) is 11.9 Å². The van der Waals surface area contributed by atoms with E-state index in [9.17, 15) is 0 Å². The van der Waals surface area contributed by atoms with Crippen LogP contribution in [0, 0.1) is 0 Å². The zero-order valence-electron chi connectivity index (χ0n) is 10.7. The van der Waals surface area contributed by atoms with Crippen molar-refractivity contribution in [3.05, 3.63) is 36.4 Å². The van der Waals surface area contributed by atoms with E-state index in [1.807, 2.05) is 28.8 Å². The number of para-hydroxylation sites is 2. The molecule has 1 aliphatic heterocycles. The average Bonchev–Trinajstić information content (AvgIpc) is 2.93. The molecular weight excluding hydrogens is 246 g/mol. The van der Waals surface area contributed by atoms with Crippen molar-refractivity contribution in [1.82, 2.24) is 14.8 Å². The fourth-order valence-electron chi connectivity index (χ4n) is 2.02. The van der Waals surface area contributed by atoms with Crippen molar-refractivity contribution in [2.75, 3.05) is 20.3 Å². The Morgan fingerprint density at radius 2 is 2.21 bits per heavy atom. The predicted molar refractivity (Wildman–Crippen MR) is 67.2 cm³/mol. The molecule has 0 aliphatic carbocycles. The van der Waals surface area contributed by atoms with Crippen LogP contribution in [-0.2, 0) is 11.3 Å². The number of benzene rings is 1. The van der Waals surface area contributed by atoms with E-state index in [0.29, 0.717) is 19.8 Å². The zero-order chi connectivity index (χ0) is 13.1. The summed E-state index contributed by atoms with van der Waals surface area (Å²) >= 11 is 0. The van der Waals surface area contributed by atoms with E-state index >= 15 is 0 Å². The number of rotatable bonds is 4. The molecule has 0 saturated heterocycles. The van der Waals surface area contributed by atoms with Gasteiger partial charge in [0.1, 0.15) is 12.9 Å². The minimum absolute atomic E-state index is 0.241. The molecule has 2 heterocycles. The standard InChI is InChI=1S/C13H15N3O3/c1-17-7-6-16-9-14-15-13(16)12-8-18-10-4-2-3-5-11(10)19-12/h2-5,9,12H,6-8H2,1H3. The van der Waals surface area contributed by atoms with E-state index in [-0.39, 0.29) is 6.10 Å². The molecule has 6 heteroatoms. The van der Waals surface area contributed by atoms with Crippen LogP contribution in [0.4, 0.5) is 0 Å². The predicted octanol–water partition coefficient (Wildman–Crippen LogP) is 1.44. The highest BCUT2D eigenvalue weighted by Crippen LogP contribution is 2.35. The van der Waals surface area contributed by atoms with Gasteiger partial charge in [-0.3, -0.25) is 0 Å². The summed E-state index contributed by atoms with van der Waals surface area (Å²) in [5, 5.41) is 8.05. The van der Waals surface area contributed by atoms with E-state index in [1.165, 1.54) is 0 Å². The van der Waals surface area contributed by atoms with Crippen LogP contribution >= 0.6 is 0 Å². The van der Waals surface area contributed by atoms with Gasteiger partial charge in [-0.05, 0) is 12.1 Å². The summed E-state index contributed by atoms with van der Waals surface area (Å²) in [5.74, 6) is 2.26. The van der Waals surface area contributed by atoms with Gasteiger partial charge in [0, 0.05) is 13.7 Å². The van der Waals surface area contributed by atoms with E-state index in [0.717, 1.165) is 17.3 Å². The monoisotopic (exact) mass is 261 g/mol. The molecule has 0 N–H and O–H groups in total. The molecule has 0 spiro atoms. The highest BCUT2D eigenvalue weighted by Gasteiger charge is 2.26. The Hall–Kier alpha value is -2.08. The Kier molecular flexibility index (Phi) is 3.33. The Bertz CT molecular complexity index is 556. The maximum absolute atomic E-state index is 5.91. The van der Waals surface area contributed by atoms with Crippen molar-refractivity contribution in [2.24, 2.45) is 0 Å². The van der Waals surface area contributed by atoms with Gasteiger partial charge in [-0.1, -0.05) is 12.1 Å². The molecule has 0 fully saturated rings. The SMILES string of the molecule is COCCn1cnnc1C1COc2ccccc2O1. The number of methoxy groups -OCH3 is 1. The molecule has 0 radical (unpaired) electrons. The Labute approximate surface area is 110 Å². The first-order valence-corrected chi connectivity index (χ1v) is 6.13. The summed E-state index contributed by atoms with van der Waals surface area (Å²) in [4.78, 5) is 0. The molecule has 1 aromatic heterocycles. The van der Waals surface area contributed by atoms with Crippen molar-refractivity contribution >= 4 is 0 Å². The van der Waals surface area contributed by atoms with Gasteiger partial charge in [0.2, 0.25) is 0 Å². The van der Waals surface area contributed by atoms with E-state index in [1.54, 1.807) is 13.4 Å². The first kappa shape index (κ1) is 12.0. The van der Waals surface area contributed by atoms with E-state index in [2.05, 4.69) is 10.2 Å². The van der Waals surface area contributed by atoms with Crippen LogP contribution in [-0.4, -0.2) is 35.1 Å². The molecule has 2 aromatic rings. The molecule has 1 unspecified atom stereocenters. The number of aromatic nitrogens is 3. The zero-order valence-corrected chi connectivity index (χ0v) is 10.7.